The summed E-state index contributed by atoms with van der Waals surface area (Å²) in [5.41, 5.74) is 1.31. The van der Waals surface area contributed by atoms with E-state index in [1.807, 2.05) is 6.07 Å². The number of aliphatic hydroxyl groups is 1. The summed E-state index contributed by atoms with van der Waals surface area (Å²) in [7, 11) is 0. The van der Waals surface area contributed by atoms with Crippen LogP contribution in [0.5, 0.6) is 0 Å². The lowest BCUT2D eigenvalue weighted by molar-refractivity contribution is 0.180. The second-order valence-electron chi connectivity index (χ2n) is 5.35. The summed E-state index contributed by atoms with van der Waals surface area (Å²) in [6.45, 7) is 2.85. The molecule has 0 saturated heterocycles. The van der Waals surface area contributed by atoms with Gasteiger partial charge in [0.2, 0.25) is 0 Å². The maximum absolute atomic E-state index is 14.0. The fourth-order valence-electron chi connectivity index (χ4n) is 2.34. The number of aliphatic hydroxyl groups excluding tert-OH is 1. The Labute approximate surface area is 115 Å². The third-order valence-electron chi connectivity index (χ3n) is 3.09. The highest BCUT2D eigenvalue weighted by Crippen LogP contribution is 2.25. The smallest absolute Gasteiger partial charge is 0.135 e. The second kappa shape index (κ2) is 4.49. The number of hydrogen-bond donors (Lipinski definition) is 1. The van der Waals surface area contributed by atoms with Crippen molar-refractivity contribution >= 4 is 22.1 Å². The molecule has 0 unspecified atom stereocenters. The Balaban J connectivity index is 2.37. The molecule has 104 valence electrons. The molecule has 0 atom stereocenters. The normalized spacial score (nSPS) is 12.4. The van der Waals surface area contributed by atoms with Gasteiger partial charge in [-0.05, 0) is 26.0 Å². The minimum atomic E-state index is -1.41. The predicted molar refractivity (Wildman–Crippen MR) is 73.9 cm³/mol. The van der Waals surface area contributed by atoms with Crippen LogP contribution in [0.1, 0.15) is 19.7 Å². The topological polar surface area (TPSA) is 63.8 Å². The molecule has 0 aliphatic heterocycles. The van der Waals surface area contributed by atoms with Crippen molar-refractivity contribution in [3.8, 4) is 0 Å². The molecule has 20 heavy (non-hydrogen) atoms. The van der Waals surface area contributed by atoms with Gasteiger partial charge in [0.1, 0.15) is 29.1 Å². The fraction of sp³-hybridized carbons (Fsp3) is 0.357. The van der Waals surface area contributed by atoms with Crippen LogP contribution < -0.4 is 0 Å². The first kappa shape index (κ1) is 12.9. The van der Waals surface area contributed by atoms with Gasteiger partial charge in [0.25, 0.3) is 0 Å². The van der Waals surface area contributed by atoms with Crippen LogP contribution in [0.2, 0.25) is 0 Å². The first-order valence-corrected chi connectivity index (χ1v) is 6.38. The molecule has 3 rings (SSSR count). The van der Waals surface area contributed by atoms with E-state index >= 15 is 0 Å². The SMILES string of the molecule is CC(C)(F)Cn1c(CO)nc2cnc3cccnc3c21. The predicted octanol–water partition coefficient (Wildman–Crippen LogP) is 2.22. The number of pyridine rings is 2. The van der Waals surface area contributed by atoms with E-state index in [1.165, 1.54) is 13.8 Å². The molecular formula is C14H15FN4O. The summed E-state index contributed by atoms with van der Waals surface area (Å²) >= 11 is 0. The Hall–Kier alpha value is -2.08. The zero-order valence-electron chi connectivity index (χ0n) is 11.3. The monoisotopic (exact) mass is 274 g/mol. The standard InChI is InChI=1S/C14H15FN4O/c1-14(2,15)8-19-11(7-20)18-10-6-17-9-4-3-5-16-12(9)13(10)19/h3-6,20H,7-8H2,1-2H3. The van der Waals surface area contributed by atoms with Crippen molar-refractivity contribution in [2.45, 2.75) is 32.7 Å². The highest BCUT2D eigenvalue weighted by molar-refractivity contribution is 5.99. The molecule has 0 aliphatic rings. The van der Waals surface area contributed by atoms with E-state index < -0.39 is 5.67 Å². The van der Waals surface area contributed by atoms with Crippen LogP contribution >= 0.6 is 0 Å². The second-order valence-corrected chi connectivity index (χ2v) is 5.35. The van der Waals surface area contributed by atoms with Crippen molar-refractivity contribution in [1.29, 1.82) is 0 Å². The first-order valence-electron chi connectivity index (χ1n) is 6.38. The van der Waals surface area contributed by atoms with Gasteiger partial charge in [0, 0.05) is 6.20 Å². The number of halogens is 1. The van der Waals surface area contributed by atoms with E-state index in [1.54, 1.807) is 23.0 Å². The van der Waals surface area contributed by atoms with Gasteiger partial charge in [-0.2, -0.15) is 0 Å². The number of rotatable bonds is 3. The van der Waals surface area contributed by atoms with Crippen LogP contribution in [-0.2, 0) is 13.2 Å². The van der Waals surface area contributed by atoms with Crippen molar-refractivity contribution in [2.24, 2.45) is 0 Å². The number of fused-ring (bicyclic) bond motifs is 3. The van der Waals surface area contributed by atoms with Crippen molar-refractivity contribution in [3.05, 3.63) is 30.4 Å². The largest absolute Gasteiger partial charge is 0.388 e. The maximum Gasteiger partial charge on any atom is 0.135 e. The third-order valence-corrected chi connectivity index (χ3v) is 3.09. The van der Waals surface area contributed by atoms with Crippen molar-refractivity contribution in [3.63, 3.8) is 0 Å². The first-order chi connectivity index (χ1) is 9.49. The van der Waals surface area contributed by atoms with Crippen LogP contribution in [0.15, 0.2) is 24.5 Å². The fourth-order valence-corrected chi connectivity index (χ4v) is 2.34. The van der Waals surface area contributed by atoms with Gasteiger partial charge < -0.3 is 9.67 Å². The van der Waals surface area contributed by atoms with E-state index in [0.717, 1.165) is 5.52 Å². The lowest BCUT2D eigenvalue weighted by atomic mass is 10.1. The number of imidazole rings is 1. The Morgan fingerprint density at radius 3 is 2.80 bits per heavy atom. The lowest BCUT2D eigenvalue weighted by Crippen LogP contribution is -2.22. The van der Waals surface area contributed by atoms with Crippen molar-refractivity contribution in [1.82, 2.24) is 19.5 Å². The molecule has 5 nitrogen and oxygen atoms in total. The molecule has 1 N–H and O–H groups in total. The van der Waals surface area contributed by atoms with Crippen LogP contribution in [-0.4, -0.2) is 30.3 Å². The van der Waals surface area contributed by atoms with Crippen molar-refractivity contribution in [2.75, 3.05) is 0 Å². The molecule has 3 aromatic rings. The Morgan fingerprint density at radius 1 is 1.30 bits per heavy atom. The quantitative estimate of drug-likeness (QED) is 0.795. The molecule has 0 aliphatic carbocycles. The molecule has 0 bridgehead atoms. The Morgan fingerprint density at radius 2 is 2.10 bits per heavy atom. The van der Waals surface area contributed by atoms with E-state index in [2.05, 4.69) is 15.0 Å². The van der Waals surface area contributed by atoms with Gasteiger partial charge in [-0.3, -0.25) is 9.97 Å². The van der Waals surface area contributed by atoms with Gasteiger partial charge in [-0.25, -0.2) is 9.37 Å². The molecule has 0 saturated carbocycles. The van der Waals surface area contributed by atoms with Gasteiger partial charge in [-0.1, -0.05) is 0 Å². The molecule has 0 radical (unpaired) electrons. The van der Waals surface area contributed by atoms with Crippen LogP contribution in [0.4, 0.5) is 4.39 Å². The number of hydrogen-bond acceptors (Lipinski definition) is 4. The van der Waals surface area contributed by atoms with Gasteiger partial charge in [0.15, 0.2) is 0 Å². The summed E-state index contributed by atoms with van der Waals surface area (Å²) in [6, 6.07) is 3.65. The van der Waals surface area contributed by atoms with Crippen LogP contribution in [0.3, 0.4) is 0 Å². The summed E-state index contributed by atoms with van der Waals surface area (Å²) < 4.78 is 15.7. The molecule has 0 amide bonds. The van der Waals surface area contributed by atoms with Gasteiger partial charge >= 0.3 is 0 Å². The molecule has 3 aromatic heterocycles. The van der Waals surface area contributed by atoms with Crippen LogP contribution in [0, 0.1) is 0 Å². The lowest BCUT2D eigenvalue weighted by Gasteiger charge is -2.17. The molecule has 6 heteroatoms. The third kappa shape index (κ3) is 2.12. The zero-order chi connectivity index (χ0) is 14.3. The highest BCUT2D eigenvalue weighted by atomic mass is 19.1. The molecule has 0 fully saturated rings. The summed E-state index contributed by atoms with van der Waals surface area (Å²) in [5, 5.41) is 9.44. The maximum atomic E-state index is 14.0. The number of alkyl halides is 1. The van der Waals surface area contributed by atoms with E-state index in [4.69, 9.17) is 0 Å². The minimum absolute atomic E-state index is 0.106. The zero-order valence-corrected chi connectivity index (χ0v) is 11.3. The Kier molecular flexibility index (Phi) is 2.90. The average Bonchev–Trinajstić information content (AvgIpc) is 2.75. The van der Waals surface area contributed by atoms with E-state index in [-0.39, 0.29) is 13.2 Å². The average molecular weight is 274 g/mol. The molecular weight excluding hydrogens is 259 g/mol. The van der Waals surface area contributed by atoms with Crippen molar-refractivity contribution < 1.29 is 9.50 Å². The minimum Gasteiger partial charge on any atom is -0.388 e. The summed E-state index contributed by atoms with van der Waals surface area (Å²) in [5.74, 6) is 0.422. The van der Waals surface area contributed by atoms with Crippen LogP contribution in [0.25, 0.3) is 22.1 Å². The summed E-state index contributed by atoms with van der Waals surface area (Å²) in [4.78, 5) is 12.9. The highest BCUT2D eigenvalue weighted by Gasteiger charge is 2.22. The van der Waals surface area contributed by atoms with Gasteiger partial charge in [-0.15, -0.1) is 0 Å². The van der Waals surface area contributed by atoms with E-state index in [0.29, 0.717) is 22.4 Å². The molecule has 3 heterocycles. The Bertz CT molecular complexity index is 776. The number of aromatic nitrogens is 4. The molecule has 0 aromatic carbocycles. The molecule has 0 spiro atoms. The van der Waals surface area contributed by atoms with Gasteiger partial charge in [0.05, 0.1) is 23.8 Å². The number of nitrogens with zero attached hydrogens (tertiary/aromatic N) is 4. The summed E-state index contributed by atoms with van der Waals surface area (Å²) in [6.07, 6.45) is 3.29. The van der Waals surface area contributed by atoms with E-state index in [9.17, 15) is 9.50 Å².